The first-order chi connectivity index (χ1) is 8.41. The zero-order valence-electron chi connectivity index (χ0n) is 10.6. The molecule has 0 spiro atoms. The molecule has 0 bridgehead atoms. The summed E-state index contributed by atoms with van der Waals surface area (Å²) < 4.78 is 27.1. The number of aryl methyl sites for hydroxylation is 1. The molecule has 0 aliphatic carbocycles. The van der Waals surface area contributed by atoms with Gasteiger partial charge in [0, 0.05) is 13.6 Å². The summed E-state index contributed by atoms with van der Waals surface area (Å²) in [7, 11) is -1.43. The van der Waals surface area contributed by atoms with Gasteiger partial charge in [0.1, 0.15) is 0 Å². The van der Waals surface area contributed by atoms with Crippen LogP contribution in [-0.4, -0.2) is 35.3 Å². The van der Waals surface area contributed by atoms with Gasteiger partial charge in [0.05, 0.1) is 29.2 Å². The molecule has 1 aliphatic rings. The fourth-order valence-electron chi connectivity index (χ4n) is 2.55. The third kappa shape index (κ3) is 2.70. The third-order valence-electron chi connectivity index (χ3n) is 3.38. The Labute approximate surface area is 113 Å². The van der Waals surface area contributed by atoms with Gasteiger partial charge in [-0.3, -0.25) is 4.68 Å². The second-order valence-electron chi connectivity index (χ2n) is 4.74. The van der Waals surface area contributed by atoms with Crippen molar-refractivity contribution in [3.63, 3.8) is 0 Å². The molecule has 0 saturated carbocycles. The molecule has 7 heteroatoms. The van der Waals surface area contributed by atoms with Crippen molar-refractivity contribution in [3.05, 3.63) is 16.9 Å². The summed E-state index contributed by atoms with van der Waals surface area (Å²) in [4.78, 5) is 0. The average molecular weight is 292 g/mol. The second kappa shape index (κ2) is 5.19. The maximum Gasteiger partial charge on any atom is 0.211 e. The zero-order chi connectivity index (χ0) is 13.3. The van der Waals surface area contributed by atoms with Crippen LogP contribution in [0.5, 0.6) is 0 Å². The molecule has 18 heavy (non-hydrogen) atoms. The van der Waals surface area contributed by atoms with E-state index in [2.05, 4.69) is 5.10 Å². The molecule has 2 heterocycles. The number of rotatable bonds is 2. The van der Waals surface area contributed by atoms with E-state index in [0.717, 1.165) is 31.4 Å². The SMILES string of the molecule is Cn1ncc(Cl)c1C1CCCCCN1S(C)(=O)=O. The molecule has 102 valence electrons. The summed E-state index contributed by atoms with van der Waals surface area (Å²) >= 11 is 6.14. The number of nitrogens with zero attached hydrogens (tertiary/aromatic N) is 3. The van der Waals surface area contributed by atoms with Gasteiger partial charge in [-0.25, -0.2) is 8.42 Å². The van der Waals surface area contributed by atoms with Gasteiger partial charge in [-0.2, -0.15) is 9.40 Å². The van der Waals surface area contributed by atoms with Crippen molar-refractivity contribution in [1.82, 2.24) is 14.1 Å². The van der Waals surface area contributed by atoms with Gasteiger partial charge in [-0.05, 0) is 12.8 Å². The van der Waals surface area contributed by atoms with E-state index in [1.165, 1.54) is 6.26 Å². The van der Waals surface area contributed by atoms with Gasteiger partial charge < -0.3 is 0 Å². The van der Waals surface area contributed by atoms with Crippen molar-refractivity contribution >= 4 is 21.6 Å². The molecule has 0 aromatic carbocycles. The highest BCUT2D eigenvalue weighted by atomic mass is 35.5. The normalized spacial score (nSPS) is 22.9. The first kappa shape index (κ1) is 13.8. The van der Waals surface area contributed by atoms with E-state index in [9.17, 15) is 8.42 Å². The van der Waals surface area contributed by atoms with Gasteiger partial charge in [0.15, 0.2) is 0 Å². The predicted octanol–water partition coefficient (Wildman–Crippen LogP) is 1.95. The number of aromatic nitrogens is 2. The minimum Gasteiger partial charge on any atom is -0.269 e. The molecule has 1 aromatic rings. The fourth-order valence-corrected chi connectivity index (χ4v) is 3.97. The molecule has 0 amide bonds. The van der Waals surface area contributed by atoms with E-state index in [1.807, 2.05) is 0 Å². The first-order valence-corrected chi connectivity index (χ1v) is 8.28. The fraction of sp³-hybridized carbons (Fsp3) is 0.727. The standard InChI is InChI=1S/C11H18ClN3O2S/c1-14-11(9(12)8-13-14)10-6-4-3-5-7-15(10)18(2,16)17/h8,10H,3-7H2,1-2H3. The summed E-state index contributed by atoms with van der Waals surface area (Å²) in [6.07, 6.45) is 6.60. The lowest BCUT2D eigenvalue weighted by atomic mass is 10.1. The number of halogens is 1. The molecule has 1 saturated heterocycles. The zero-order valence-corrected chi connectivity index (χ0v) is 12.2. The number of hydrogen-bond donors (Lipinski definition) is 0. The lowest BCUT2D eigenvalue weighted by molar-refractivity contribution is 0.318. The summed E-state index contributed by atoms with van der Waals surface area (Å²) in [5.74, 6) is 0. The summed E-state index contributed by atoms with van der Waals surface area (Å²) in [6, 6.07) is -0.192. The van der Waals surface area contributed by atoms with Gasteiger partial charge in [-0.15, -0.1) is 0 Å². The second-order valence-corrected chi connectivity index (χ2v) is 7.08. The molecule has 0 radical (unpaired) electrons. The van der Waals surface area contributed by atoms with E-state index < -0.39 is 10.0 Å². The van der Waals surface area contributed by atoms with Gasteiger partial charge in [-0.1, -0.05) is 24.4 Å². The van der Waals surface area contributed by atoms with Gasteiger partial charge in [0.25, 0.3) is 0 Å². The highest BCUT2D eigenvalue weighted by molar-refractivity contribution is 7.88. The Morgan fingerprint density at radius 2 is 2.11 bits per heavy atom. The predicted molar refractivity (Wildman–Crippen MR) is 71.0 cm³/mol. The van der Waals surface area contributed by atoms with Gasteiger partial charge >= 0.3 is 0 Å². The highest BCUT2D eigenvalue weighted by Crippen LogP contribution is 2.35. The summed E-state index contributed by atoms with van der Waals surface area (Å²) in [6.45, 7) is 0.561. The van der Waals surface area contributed by atoms with Crippen LogP contribution in [0.15, 0.2) is 6.20 Å². The molecule has 5 nitrogen and oxygen atoms in total. The van der Waals surface area contributed by atoms with Crippen molar-refractivity contribution < 1.29 is 8.42 Å². The van der Waals surface area contributed by atoms with Crippen LogP contribution in [0.2, 0.25) is 5.02 Å². The van der Waals surface area contributed by atoms with E-state index in [-0.39, 0.29) is 6.04 Å². The van der Waals surface area contributed by atoms with E-state index in [0.29, 0.717) is 11.6 Å². The molecular formula is C11H18ClN3O2S. The summed E-state index contributed by atoms with van der Waals surface area (Å²) in [5.41, 5.74) is 0.795. The Kier molecular flexibility index (Phi) is 3.99. The van der Waals surface area contributed by atoms with Crippen LogP contribution in [0, 0.1) is 0 Å². The van der Waals surface area contributed by atoms with Crippen molar-refractivity contribution in [2.24, 2.45) is 7.05 Å². The largest absolute Gasteiger partial charge is 0.269 e. The Morgan fingerprint density at radius 3 is 2.67 bits per heavy atom. The van der Waals surface area contributed by atoms with E-state index in [1.54, 1.807) is 22.2 Å². The highest BCUT2D eigenvalue weighted by Gasteiger charge is 2.32. The molecule has 1 fully saturated rings. The van der Waals surface area contributed by atoms with Crippen molar-refractivity contribution in [1.29, 1.82) is 0 Å². The van der Waals surface area contributed by atoms with Crippen LogP contribution in [0.3, 0.4) is 0 Å². The Hall–Kier alpha value is -0.590. The first-order valence-electron chi connectivity index (χ1n) is 6.05. The minimum atomic E-state index is -3.22. The maximum atomic E-state index is 11.9. The quantitative estimate of drug-likeness (QED) is 0.837. The average Bonchev–Trinajstić information content (AvgIpc) is 2.53. The number of hydrogen-bond acceptors (Lipinski definition) is 3. The molecule has 1 unspecified atom stereocenters. The van der Waals surface area contributed by atoms with E-state index in [4.69, 9.17) is 11.6 Å². The summed E-state index contributed by atoms with van der Waals surface area (Å²) in [5, 5.41) is 4.64. The van der Waals surface area contributed by atoms with Crippen LogP contribution in [0.1, 0.15) is 37.4 Å². The maximum absolute atomic E-state index is 11.9. The number of sulfonamides is 1. The van der Waals surface area contributed by atoms with Gasteiger partial charge in [0.2, 0.25) is 10.0 Å². The smallest absolute Gasteiger partial charge is 0.211 e. The Balaban J connectivity index is 2.44. The molecular weight excluding hydrogens is 274 g/mol. The van der Waals surface area contributed by atoms with E-state index >= 15 is 0 Å². The molecule has 2 rings (SSSR count). The molecule has 1 aromatic heterocycles. The van der Waals surface area contributed by atoms with Crippen LogP contribution in [0.4, 0.5) is 0 Å². The molecule has 1 atom stereocenters. The molecule has 0 N–H and O–H groups in total. The topological polar surface area (TPSA) is 55.2 Å². The van der Waals surface area contributed by atoms with Crippen molar-refractivity contribution in [3.8, 4) is 0 Å². The molecule has 1 aliphatic heterocycles. The van der Waals surface area contributed by atoms with Crippen LogP contribution < -0.4 is 0 Å². The monoisotopic (exact) mass is 291 g/mol. The lowest BCUT2D eigenvalue weighted by Gasteiger charge is -2.28. The minimum absolute atomic E-state index is 0.192. The van der Waals surface area contributed by atoms with Crippen molar-refractivity contribution in [2.45, 2.75) is 31.7 Å². The van der Waals surface area contributed by atoms with Crippen LogP contribution in [0.25, 0.3) is 0 Å². The van der Waals surface area contributed by atoms with Crippen molar-refractivity contribution in [2.75, 3.05) is 12.8 Å². The van der Waals surface area contributed by atoms with Crippen LogP contribution >= 0.6 is 11.6 Å². The lowest BCUT2D eigenvalue weighted by Crippen LogP contribution is -2.35. The third-order valence-corrected chi connectivity index (χ3v) is 4.96. The van der Waals surface area contributed by atoms with Crippen LogP contribution in [-0.2, 0) is 17.1 Å². The Bertz CT molecular complexity index is 507. The Morgan fingerprint density at radius 1 is 1.39 bits per heavy atom.